The van der Waals surface area contributed by atoms with Crippen molar-refractivity contribution in [1.82, 2.24) is 9.97 Å². The lowest BCUT2D eigenvalue weighted by Crippen LogP contribution is -2.36. The molecule has 0 radical (unpaired) electrons. The normalized spacial score (nSPS) is 15.1. The summed E-state index contributed by atoms with van der Waals surface area (Å²) in [6.45, 7) is 3.91. The van der Waals surface area contributed by atoms with Gasteiger partial charge in [0.25, 0.3) is 5.56 Å². The third-order valence-corrected chi connectivity index (χ3v) is 6.25. The summed E-state index contributed by atoms with van der Waals surface area (Å²) in [7, 11) is 0. The summed E-state index contributed by atoms with van der Waals surface area (Å²) in [4.78, 5) is 45.0. The second kappa shape index (κ2) is 8.96. The number of benzene rings is 2. The molecular weight excluding hydrogens is 431 g/mol. The van der Waals surface area contributed by atoms with Gasteiger partial charge in [0.2, 0.25) is 11.8 Å². The van der Waals surface area contributed by atoms with Gasteiger partial charge < -0.3 is 15.6 Å². The van der Waals surface area contributed by atoms with Crippen molar-refractivity contribution in [3.8, 4) is 0 Å². The van der Waals surface area contributed by atoms with Crippen molar-refractivity contribution in [2.45, 2.75) is 37.1 Å². The maximum absolute atomic E-state index is 13.1. The van der Waals surface area contributed by atoms with Gasteiger partial charge in [0.15, 0.2) is 5.16 Å². The minimum Gasteiger partial charge on any atom is -0.326 e. The number of aryl methyl sites for hydroxylation is 2. The van der Waals surface area contributed by atoms with E-state index >= 15 is 0 Å². The lowest BCUT2D eigenvalue weighted by Gasteiger charge is -2.23. The van der Waals surface area contributed by atoms with Gasteiger partial charge in [-0.3, -0.25) is 14.4 Å². The maximum atomic E-state index is 13.1. The van der Waals surface area contributed by atoms with Crippen molar-refractivity contribution in [2.24, 2.45) is 0 Å². The highest BCUT2D eigenvalue weighted by Gasteiger charge is 2.34. The fourth-order valence-electron chi connectivity index (χ4n) is 3.42. The topological polar surface area (TPSA) is 104 Å². The average molecular weight is 453 g/mol. The van der Waals surface area contributed by atoms with Gasteiger partial charge in [-0.2, -0.15) is 0 Å². The van der Waals surface area contributed by atoms with Gasteiger partial charge in [-0.15, -0.1) is 0 Å². The predicted octanol–water partition coefficient (Wildman–Crippen LogP) is 3.88. The summed E-state index contributed by atoms with van der Waals surface area (Å²) in [5.74, 6) is -1.56. The van der Waals surface area contributed by atoms with E-state index in [9.17, 15) is 18.8 Å². The molecule has 9 heteroatoms. The molecule has 0 bridgehead atoms. The van der Waals surface area contributed by atoms with Crippen LogP contribution in [0.25, 0.3) is 0 Å². The quantitative estimate of drug-likeness (QED) is 0.403. The molecule has 2 amide bonds. The van der Waals surface area contributed by atoms with Crippen molar-refractivity contribution in [1.29, 1.82) is 0 Å². The van der Waals surface area contributed by atoms with Crippen LogP contribution in [0.15, 0.2) is 52.4 Å². The van der Waals surface area contributed by atoms with Crippen LogP contribution in [0.5, 0.6) is 0 Å². The fourth-order valence-corrected chi connectivity index (χ4v) is 4.24. The SMILES string of the molecule is Cc1ccc(NC(=O)C2CC(=O)Nc3nc(SCc4ccc(F)cc4)[nH]c(=O)c32)cc1C. The van der Waals surface area contributed by atoms with Gasteiger partial charge in [0.1, 0.15) is 11.6 Å². The number of halogens is 1. The molecule has 1 aromatic heterocycles. The van der Waals surface area contributed by atoms with Gasteiger partial charge in [0.05, 0.1) is 11.5 Å². The van der Waals surface area contributed by atoms with Crippen LogP contribution < -0.4 is 16.2 Å². The lowest BCUT2D eigenvalue weighted by molar-refractivity contribution is -0.123. The van der Waals surface area contributed by atoms with Crippen LogP contribution in [0.2, 0.25) is 0 Å². The van der Waals surface area contributed by atoms with Crippen molar-refractivity contribution in [3.05, 3.63) is 80.9 Å². The van der Waals surface area contributed by atoms with E-state index in [1.807, 2.05) is 26.0 Å². The molecular formula is C23H21FN4O3S. The third-order valence-electron chi connectivity index (χ3n) is 5.31. The summed E-state index contributed by atoms with van der Waals surface area (Å²) in [6.07, 6.45) is -0.142. The Labute approximate surface area is 187 Å². The maximum Gasteiger partial charge on any atom is 0.257 e. The number of thioether (sulfide) groups is 1. The van der Waals surface area contributed by atoms with E-state index in [0.717, 1.165) is 16.7 Å². The second-order valence-corrected chi connectivity index (χ2v) is 8.61. The molecule has 3 N–H and O–H groups in total. The Hall–Kier alpha value is -3.46. The molecule has 0 aliphatic carbocycles. The number of carbonyl (C=O) groups is 2. The molecule has 0 saturated carbocycles. The number of nitrogens with zero attached hydrogens (tertiary/aromatic N) is 1. The van der Waals surface area contributed by atoms with E-state index in [1.54, 1.807) is 18.2 Å². The fraction of sp³-hybridized carbons (Fsp3) is 0.217. The number of nitrogens with one attached hydrogen (secondary N) is 3. The molecule has 4 rings (SSSR count). The number of carbonyl (C=O) groups excluding carboxylic acids is 2. The highest BCUT2D eigenvalue weighted by molar-refractivity contribution is 7.98. The van der Waals surface area contributed by atoms with Crippen molar-refractivity contribution < 1.29 is 14.0 Å². The molecule has 0 saturated heterocycles. The smallest absolute Gasteiger partial charge is 0.257 e. The number of rotatable bonds is 5. The highest BCUT2D eigenvalue weighted by atomic mass is 32.2. The minimum absolute atomic E-state index is 0.0897. The van der Waals surface area contributed by atoms with Crippen LogP contribution in [-0.4, -0.2) is 21.8 Å². The van der Waals surface area contributed by atoms with Crippen molar-refractivity contribution in [2.75, 3.05) is 10.6 Å². The van der Waals surface area contributed by atoms with Gasteiger partial charge in [0, 0.05) is 17.9 Å². The predicted molar refractivity (Wildman–Crippen MR) is 121 cm³/mol. The molecule has 32 heavy (non-hydrogen) atoms. The standard InChI is InChI=1S/C23H21FN4O3S/c1-12-3-8-16(9-13(12)2)25-21(30)17-10-18(29)26-20-19(17)22(31)28-23(27-20)32-11-14-4-6-15(24)7-5-14/h3-9,17H,10-11H2,1-2H3,(H,25,30)(H2,26,27,28,29,31). The first-order valence-corrected chi connectivity index (χ1v) is 11.0. The van der Waals surface area contributed by atoms with E-state index in [4.69, 9.17) is 0 Å². The molecule has 2 aromatic carbocycles. The first kappa shape index (κ1) is 21.8. The molecule has 1 aliphatic heterocycles. The molecule has 3 aromatic rings. The Bertz CT molecular complexity index is 1260. The van der Waals surface area contributed by atoms with E-state index in [-0.39, 0.29) is 29.5 Å². The van der Waals surface area contributed by atoms with Crippen molar-refractivity contribution in [3.63, 3.8) is 0 Å². The zero-order chi connectivity index (χ0) is 22.8. The van der Waals surface area contributed by atoms with Crippen LogP contribution in [0, 0.1) is 19.7 Å². The van der Waals surface area contributed by atoms with Crippen LogP contribution in [0.4, 0.5) is 15.9 Å². The van der Waals surface area contributed by atoms with Crippen LogP contribution in [0.3, 0.4) is 0 Å². The van der Waals surface area contributed by atoms with Gasteiger partial charge in [-0.25, -0.2) is 9.37 Å². The number of aromatic nitrogens is 2. The summed E-state index contributed by atoms with van der Waals surface area (Å²) in [6, 6.07) is 11.5. The van der Waals surface area contributed by atoms with Gasteiger partial charge in [-0.1, -0.05) is 30.0 Å². The number of aromatic amines is 1. The zero-order valence-corrected chi connectivity index (χ0v) is 18.3. The largest absolute Gasteiger partial charge is 0.326 e. The minimum atomic E-state index is -0.951. The first-order chi connectivity index (χ1) is 15.3. The second-order valence-electron chi connectivity index (χ2n) is 7.64. The van der Waals surface area contributed by atoms with E-state index < -0.39 is 17.4 Å². The van der Waals surface area contributed by atoms with Crippen LogP contribution >= 0.6 is 11.8 Å². The summed E-state index contributed by atoms with van der Waals surface area (Å²) < 4.78 is 13.1. The highest BCUT2D eigenvalue weighted by Crippen LogP contribution is 2.31. The molecule has 0 fully saturated rings. The summed E-state index contributed by atoms with van der Waals surface area (Å²) >= 11 is 1.24. The lowest BCUT2D eigenvalue weighted by atomic mass is 9.92. The van der Waals surface area contributed by atoms with Crippen LogP contribution in [-0.2, 0) is 15.3 Å². The number of amides is 2. The molecule has 7 nitrogen and oxygen atoms in total. The van der Waals surface area contributed by atoms with E-state index in [2.05, 4.69) is 20.6 Å². The summed E-state index contributed by atoms with van der Waals surface area (Å²) in [5.41, 5.74) is 3.23. The Morgan fingerprint density at radius 2 is 1.91 bits per heavy atom. The van der Waals surface area contributed by atoms with Gasteiger partial charge in [-0.05, 0) is 54.8 Å². The van der Waals surface area contributed by atoms with Gasteiger partial charge >= 0.3 is 0 Å². The number of hydrogen-bond donors (Lipinski definition) is 3. The van der Waals surface area contributed by atoms with Crippen LogP contribution in [0.1, 0.15) is 34.6 Å². The Morgan fingerprint density at radius 1 is 1.16 bits per heavy atom. The first-order valence-electron chi connectivity index (χ1n) is 9.99. The van der Waals surface area contributed by atoms with E-state index in [1.165, 1.54) is 23.9 Å². The zero-order valence-electron chi connectivity index (χ0n) is 17.5. The average Bonchev–Trinajstić information content (AvgIpc) is 2.75. The Balaban J connectivity index is 1.56. The third kappa shape index (κ3) is 4.72. The Kier molecular flexibility index (Phi) is 6.09. The molecule has 164 valence electrons. The summed E-state index contributed by atoms with van der Waals surface area (Å²) in [5, 5.41) is 5.70. The van der Waals surface area contributed by atoms with E-state index in [0.29, 0.717) is 16.6 Å². The number of fused-ring (bicyclic) bond motifs is 1. The van der Waals surface area contributed by atoms with Crippen molar-refractivity contribution >= 4 is 35.1 Å². The molecule has 1 unspecified atom stereocenters. The molecule has 1 atom stereocenters. The molecule has 2 heterocycles. The molecule has 1 aliphatic rings. The Morgan fingerprint density at radius 3 is 2.62 bits per heavy atom. The monoisotopic (exact) mass is 452 g/mol. The number of hydrogen-bond acceptors (Lipinski definition) is 5. The number of anilines is 2. The number of H-pyrrole nitrogens is 1. The molecule has 0 spiro atoms.